The van der Waals surface area contributed by atoms with E-state index < -0.39 is 48.9 Å². The SMILES string of the molecule is O=C(COc1ccc(C2C(CCSc3ccc(F)cc3)C(=O)N2c2ccc(F)cc2)cc1)NC(C(=O)NC(CO)C(=O)O)c1ccccc1. The molecule has 1 aliphatic rings. The smallest absolute Gasteiger partial charge is 0.328 e. The van der Waals surface area contributed by atoms with Crippen molar-refractivity contribution in [3.63, 3.8) is 0 Å². The maximum absolute atomic E-state index is 13.7. The van der Waals surface area contributed by atoms with E-state index in [1.54, 1.807) is 83.8 Å². The van der Waals surface area contributed by atoms with Crippen molar-refractivity contribution in [3.8, 4) is 5.75 Å². The van der Waals surface area contributed by atoms with Gasteiger partial charge in [-0.2, -0.15) is 0 Å². The van der Waals surface area contributed by atoms with Crippen molar-refractivity contribution in [1.29, 1.82) is 0 Å². The third-order valence-electron chi connectivity index (χ3n) is 7.92. The van der Waals surface area contributed by atoms with Crippen molar-refractivity contribution < 1.29 is 42.9 Å². The van der Waals surface area contributed by atoms with E-state index in [1.165, 1.54) is 36.0 Å². The van der Waals surface area contributed by atoms with E-state index in [9.17, 15) is 38.2 Å². The molecule has 49 heavy (non-hydrogen) atoms. The number of carboxylic acids is 1. The van der Waals surface area contributed by atoms with Crippen LogP contribution in [0.3, 0.4) is 0 Å². The van der Waals surface area contributed by atoms with Crippen molar-refractivity contribution >= 4 is 41.1 Å². The number of halogens is 2. The largest absolute Gasteiger partial charge is 0.484 e. The molecular weight excluding hydrogens is 656 g/mol. The molecule has 0 aromatic heterocycles. The van der Waals surface area contributed by atoms with Gasteiger partial charge in [0.2, 0.25) is 11.8 Å². The molecule has 254 valence electrons. The number of anilines is 1. The minimum atomic E-state index is -1.55. The number of amides is 3. The van der Waals surface area contributed by atoms with Crippen LogP contribution in [0.1, 0.15) is 29.6 Å². The van der Waals surface area contributed by atoms with Crippen LogP contribution in [0.5, 0.6) is 5.75 Å². The predicted molar refractivity (Wildman–Crippen MR) is 178 cm³/mol. The van der Waals surface area contributed by atoms with Crippen LogP contribution in [0.15, 0.2) is 108 Å². The summed E-state index contributed by atoms with van der Waals surface area (Å²) in [6.45, 7) is -1.30. The molecule has 3 amide bonds. The molecular formula is C36H33F2N3O7S. The number of carbonyl (C=O) groups is 4. The van der Waals surface area contributed by atoms with E-state index in [1.807, 2.05) is 0 Å². The summed E-state index contributed by atoms with van der Waals surface area (Å²) in [4.78, 5) is 52.9. The van der Waals surface area contributed by atoms with E-state index in [2.05, 4.69) is 10.6 Å². The zero-order valence-electron chi connectivity index (χ0n) is 26.0. The van der Waals surface area contributed by atoms with Gasteiger partial charge in [0.1, 0.15) is 29.5 Å². The molecule has 10 nitrogen and oxygen atoms in total. The summed E-state index contributed by atoms with van der Waals surface area (Å²) in [5.74, 6) is -3.15. The van der Waals surface area contributed by atoms with E-state index in [4.69, 9.17) is 4.74 Å². The Balaban J connectivity index is 1.24. The molecule has 1 fully saturated rings. The summed E-state index contributed by atoms with van der Waals surface area (Å²) >= 11 is 1.52. The minimum Gasteiger partial charge on any atom is -0.484 e. The molecule has 0 saturated carbocycles. The lowest BCUT2D eigenvalue weighted by molar-refractivity contribution is -0.143. The number of carboxylic acid groups (broad SMARTS) is 1. The lowest BCUT2D eigenvalue weighted by Crippen LogP contribution is -2.55. The number of carbonyl (C=O) groups excluding carboxylic acids is 3. The summed E-state index contributed by atoms with van der Waals surface area (Å²) < 4.78 is 32.6. The summed E-state index contributed by atoms with van der Waals surface area (Å²) in [5, 5.41) is 23.3. The molecule has 0 bridgehead atoms. The molecule has 1 heterocycles. The topological polar surface area (TPSA) is 145 Å². The Bertz CT molecular complexity index is 1760. The van der Waals surface area contributed by atoms with Crippen molar-refractivity contribution in [2.75, 3.05) is 23.9 Å². The number of thioether (sulfide) groups is 1. The lowest BCUT2D eigenvalue weighted by Gasteiger charge is -2.47. The molecule has 5 rings (SSSR count). The molecule has 4 unspecified atom stereocenters. The molecule has 4 aromatic rings. The first kappa shape index (κ1) is 35.0. The molecule has 13 heteroatoms. The van der Waals surface area contributed by atoms with Crippen LogP contribution in [0.4, 0.5) is 14.5 Å². The normalized spacial score (nSPS) is 16.6. The van der Waals surface area contributed by atoms with Gasteiger partial charge in [0.15, 0.2) is 6.61 Å². The summed E-state index contributed by atoms with van der Waals surface area (Å²) in [6, 6.07) is 23.8. The Morgan fingerprint density at radius 2 is 1.49 bits per heavy atom. The molecule has 1 aliphatic heterocycles. The molecule has 4 atom stereocenters. The van der Waals surface area contributed by atoms with E-state index in [-0.39, 0.29) is 23.7 Å². The highest BCUT2D eigenvalue weighted by Gasteiger charge is 2.48. The van der Waals surface area contributed by atoms with Gasteiger partial charge in [0, 0.05) is 10.6 Å². The Morgan fingerprint density at radius 1 is 0.857 bits per heavy atom. The number of aliphatic hydroxyl groups excluding tert-OH is 1. The average molecular weight is 690 g/mol. The number of aliphatic carboxylic acids is 1. The molecule has 4 aromatic carbocycles. The van der Waals surface area contributed by atoms with Crippen LogP contribution in [-0.2, 0) is 19.2 Å². The summed E-state index contributed by atoms with van der Waals surface area (Å²) in [7, 11) is 0. The number of hydrogen-bond acceptors (Lipinski definition) is 7. The highest BCUT2D eigenvalue weighted by molar-refractivity contribution is 7.99. The zero-order chi connectivity index (χ0) is 34.9. The number of benzene rings is 4. The van der Waals surface area contributed by atoms with Crippen LogP contribution in [0, 0.1) is 17.6 Å². The Hall–Kier alpha value is -5.27. The van der Waals surface area contributed by atoms with Gasteiger partial charge >= 0.3 is 5.97 Å². The number of ether oxygens (including phenoxy) is 1. The first-order valence-electron chi connectivity index (χ1n) is 15.3. The maximum atomic E-state index is 13.7. The van der Waals surface area contributed by atoms with Gasteiger partial charge < -0.3 is 30.5 Å². The van der Waals surface area contributed by atoms with Gasteiger partial charge in [0.05, 0.1) is 18.6 Å². The fourth-order valence-electron chi connectivity index (χ4n) is 5.43. The van der Waals surface area contributed by atoms with Crippen LogP contribution in [0.2, 0.25) is 0 Å². The second-order valence-electron chi connectivity index (χ2n) is 11.2. The van der Waals surface area contributed by atoms with Crippen LogP contribution in [0.25, 0.3) is 0 Å². The van der Waals surface area contributed by atoms with E-state index in [0.29, 0.717) is 29.2 Å². The number of nitrogens with zero attached hydrogens (tertiary/aromatic N) is 1. The molecule has 0 radical (unpaired) electrons. The maximum Gasteiger partial charge on any atom is 0.328 e. The number of rotatable bonds is 15. The standard InChI is InChI=1S/C36H33F2N3O7S/c37-24-8-12-26(13-9-24)41-33(29(35(41)45)18-19-49-28-16-10-25(38)11-17-28)23-6-14-27(15-7-23)48-21-31(43)40-32(22-4-2-1-3-5-22)34(44)39-30(20-42)36(46)47/h1-17,29-30,32-33,42H,18-21H2,(H,39,44)(H,40,43)(H,46,47). The van der Waals surface area contributed by atoms with Crippen molar-refractivity contribution in [2.45, 2.75) is 29.4 Å². The van der Waals surface area contributed by atoms with Crippen LogP contribution >= 0.6 is 11.8 Å². The van der Waals surface area contributed by atoms with Gasteiger partial charge in [-0.25, -0.2) is 13.6 Å². The van der Waals surface area contributed by atoms with Crippen molar-refractivity contribution in [1.82, 2.24) is 10.6 Å². The fourth-order valence-corrected chi connectivity index (χ4v) is 6.37. The molecule has 0 spiro atoms. The van der Waals surface area contributed by atoms with Gasteiger partial charge in [0.25, 0.3) is 5.91 Å². The lowest BCUT2D eigenvalue weighted by atomic mass is 9.80. The van der Waals surface area contributed by atoms with Gasteiger partial charge in [-0.3, -0.25) is 14.4 Å². The van der Waals surface area contributed by atoms with Crippen molar-refractivity contribution in [3.05, 3.63) is 126 Å². The third-order valence-corrected chi connectivity index (χ3v) is 8.96. The third kappa shape index (κ3) is 8.80. The molecule has 4 N–H and O–H groups in total. The summed E-state index contributed by atoms with van der Waals surface area (Å²) in [5.41, 5.74) is 1.75. The average Bonchev–Trinajstić information content (AvgIpc) is 3.11. The van der Waals surface area contributed by atoms with Gasteiger partial charge in [-0.15, -0.1) is 11.8 Å². The van der Waals surface area contributed by atoms with Gasteiger partial charge in [-0.1, -0.05) is 42.5 Å². The quantitative estimate of drug-likeness (QED) is 0.104. The Labute approximate surface area is 285 Å². The second kappa shape index (κ2) is 16.2. The molecule has 1 saturated heterocycles. The number of hydrogen-bond donors (Lipinski definition) is 4. The fraction of sp³-hybridized carbons (Fsp3) is 0.222. The predicted octanol–water partition coefficient (Wildman–Crippen LogP) is 4.65. The van der Waals surface area contributed by atoms with E-state index in [0.717, 1.165) is 10.5 Å². The number of β-lactam (4-membered cyclic amide) rings is 1. The van der Waals surface area contributed by atoms with Crippen LogP contribution in [-0.4, -0.2) is 58.9 Å². The second-order valence-corrected chi connectivity index (χ2v) is 12.3. The van der Waals surface area contributed by atoms with E-state index >= 15 is 0 Å². The van der Waals surface area contributed by atoms with Gasteiger partial charge in [-0.05, 0) is 84.0 Å². The number of nitrogens with one attached hydrogen (secondary N) is 2. The highest BCUT2D eigenvalue weighted by atomic mass is 32.2. The number of aliphatic hydroxyl groups is 1. The Morgan fingerprint density at radius 3 is 2.10 bits per heavy atom. The monoisotopic (exact) mass is 689 g/mol. The first-order valence-corrected chi connectivity index (χ1v) is 16.3. The first-order chi connectivity index (χ1) is 23.6. The zero-order valence-corrected chi connectivity index (χ0v) is 26.8. The summed E-state index contributed by atoms with van der Waals surface area (Å²) in [6.07, 6.45) is 0.545. The van der Waals surface area contributed by atoms with Crippen molar-refractivity contribution in [2.24, 2.45) is 5.92 Å². The Kier molecular flexibility index (Phi) is 11.6. The minimum absolute atomic E-state index is 0.0982. The highest BCUT2D eigenvalue weighted by Crippen LogP contribution is 2.46. The van der Waals surface area contributed by atoms with Crippen LogP contribution < -0.4 is 20.3 Å². The molecule has 0 aliphatic carbocycles.